The summed E-state index contributed by atoms with van der Waals surface area (Å²) in [4.78, 5) is 12.2. The summed E-state index contributed by atoms with van der Waals surface area (Å²) in [6.07, 6.45) is 2.93. The Labute approximate surface area is 126 Å². The average molecular weight is 318 g/mol. The van der Waals surface area contributed by atoms with Gasteiger partial charge in [-0.1, -0.05) is 47.6 Å². The third-order valence-electron chi connectivity index (χ3n) is 3.36. The van der Waals surface area contributed by atoms with Gasteiger partial charge in [-0.05, 0) is 25.0 Å². The first-order chi connectivity index (χ1) is 8.98. The molecule has 0 unspecified atom stereocenters. The highest BCUT2D eigenvalue weighted by molar-refractivity contribution is 6.44. The van der Waals surface area contributed by atoms with Crippen molar-refractivity contribution in [2.24, 2.45) is 5.41 Å². The zero-order valence-electron chi connectivity index (χ0n) is 9.97. The number of anilines is 1. The lowest BCUT2D eigenvalue weighted by Crippen LogP contribution is -2.32. The molecular formula is C13H11Cl3N2O. The van der Waals surface area contributed by atoms with Gasteiger partial charge >= 0.3 is 0 Å². The number of nitrogens with one attached hydrogen (secondary N) is 1. The van der Waals surface area contributed by atoms with Crippen LogP contribution in [0.2, 0.25) is 15.1 Å². The molecule has 0 spiro atoms. The van der Waals surface area contributed by atoms with Crippen LogP contribution in [0.1, 0.15) is 25.7 Å². The van der Waals surface area contributed by atoms with Gasteiger partial charge in [-0.3, -0.25) is 4.79 Å². The standard InChI is InChI=1S/C13H11Cl3N2O/c14-8-5-10(16)11(6-9(8)15)18-12(19)13(7-17)3-1-2-4-13/h5-6H,1-4H2,(H,18,19). The van der Waals surface area contributed by atoms with Crippen LogP contribution < -0.4 is 5.32 Å². The number of amides is 1. The summed E-state index contributed by atoms with van der Waals surface area (Å²) in [7, 11) is 0. The summed E-state index contributed by atoms with van der Waals surface area (Å²) >= 11 is 17.7. The van der Waals surface area contributed by atoms with Gasteiger partial charge in [0.05, 0.1) is 26.8 Å². The Kier molecular flexibility index (Phi) is 4.25. The molecule has 0 bridgehead atoms. The van der Waals surface area contributed by atoms with E-state index >= 15 is 0 Å². The molecule has 1 fully saturated rings. The van der Waals surface area contributed by atoms with Gasteiger partial charge in [0.1, 0.15) is 5.41 Å². The van der Waals surface area contributed by atoms with E-state index in [0.717, 1.165) is 12.8 Å². The summed E-state index contributed by atoms with van der Waals surface area (Å²) in [6.45, 7) is 0. The van der Waals surface area contributed by atoms with Crippen molar-refractivity contribution in [2.45, 2.75) is 25.7 Å². The van der Waals surface area contributed by atoms with Gasteiger partial charge in [-0.25, -0.2) is 0 Å². The molecule has 1 aromatic rings. The molecule has 0 aromatic heterocycles. The van der Waals surface area contributed by atoms with Crippen LogP contribution in [0.25, 0.3) is 0 Å². The molecule has 0 saturated heterocycles. The predicted molar refractivity (Wildman–Crippen MR) is 76.6 cm³/mol. The van der Waals surface area contributed by atoms with Crippen LogP contribution in [0.15, 0.2) is 12.1 Å². The van der Waals surface area contributed by atoms with Gasteiger partial charge in [0.25, 0.3) is 0 Å². The van der Waals surface area contributed by atoms with E-state index in [4.69, 9.17) is 34.8 Å². The Morgan fingerprint density at radius 1 is 1.16 bits per heavy atom. The van der Waals surface area contributed by atoms with Crippen LogP contribution in [0.5, 0.6) is 0 Å². The quantitative estimate of drug-likeness (QED) is 0.806. The molecule has 1 amide bonds. The highest BCUT2D eigenvalue weighted by atomic mass is 35.5. The van der Waals surface area contributed by atoms with Crippen molar-refractivity contribution in [3.63, 3.8) is 0 Å². The highest BCUT2D eigenvalue weighted by Crippen LogP contribution is 2.39. The molecule has 6 heteroatoms. The largest absolute Gasteiger partial charge is 0.323 e. The van der Waals surface area contributed by atoms with Crippen molar-refractivity contribution < 1.29 is 4.79 Å². The molecule has 1 saturated carbocycles. The Bertz CT molecular complexity index is 560. The zero-order valence-corrected chi connectivity index (χ0v) is 12.2. The Balaban J connectivity index is 2.24. The molecule has 1 N–H and O–H groups in total. The molecule has 0 heterocycles. The van der Waals surface area contributed by atoms with Crippen molar-refractivity contribution in [3.05, 3.63) is 27.2 Å². The first kappa shape index (κ1) is 14.5. The highest BCUT2D eigenvalue weighted by Gasteiger charge is 2.41. The molecule has 0 radical (unpaired) electrons. The molecule has 100 valence electrons. The molecule has 1 aliphatic rings. The predicted octanol–water partition coefficient (Wildman–Crippen LogP) is 4.67. The number of rotatable bonds is 2. The molecule has 0 atom stereocenters. The third kappa shape index (κ3) is 2.81. The normalized spacial score (nSPS) is 16.9. The summed E-state index contributed by atoms with van der Waals surface area (Å²) in [6, 6.07) is 5.09. The third-order valence-corrected chi connectivity index (χ3v) is 4.40. The van der Waals surface area contributed by atoms with Gasteiger partial charge in [0.15, 0.2) is 0 Å². The SMILES string of the molecule is N#CC1(C(=O)Nc2cc(Cl)c(Cl)cc2Cl)CCCC1. The smallest absolute Gasteiger partial charge is 0.244 e. The van der Waals surface area contributed by atoms with Gasteiger partial charge < -0.3 is 5.32 Å². The van der Waals surface area contributed by atoms with E-state index in [2.05, 4.69) is 11.4 Å². The number of carbonyl (C=O) groups excluding carboxylic acids is 1. The number of hydrogen-bond acceptors (Lipinski definition) is 2. The number of halogens is 3. The zero-order chi connectivity index (χ0) is 14.0. The minimum atomic E-state index is -0.949. The van der Waals surface area contributed by atoms with E-state index in [1.54, 1.807) is 0 Å². The molecular weight excluding hydrogens is 307 g/mol. The molecule has 1 aliphatic carbocycles. The van der Waals surface area contributed by atoms with Crippen molar-refractivity contribution in [3.8, 4) is 6.07 Å². The minimum Gasteiger partial charge on any atom is -0.323 e. The average Bonchev–Trinajstić information content (AvgIpc) is 2.86. The molecule has 3 nitrogen and oxygen atoms in total. The van der Waals surface area contributed by atoms with E-state index in [1.807, 2.05) is 0 Å². The van der Waals surface area contributed by atoms with Crippen LogP contribution in [-0.2, 0) is 4.79 Å². The summed E-state index contributed by atoms with van der Waals surface area (Å²) in [5, 5.41) is 12.8. The van der Waals surface area contributed by atoms with Crippen LogP contribution in [0.4, 0.5) is 5.69 Å². The minimum absolute atomic E-state index is 0.300. The lowest BCUT2D eigenvalue weighted by Gasteiger charge is -2.19. The number of benzene rings is 1. The van der Waals surface area contributed by atoms with E-state index in [1.165, 1.54) is 12.1 Å². The maximum atomic E-state index is 12.2. The number of nitrogens with zero attached hydrogens (tertiary/aromatic N) is 1. The topological polar surface area (TPSA) is 52.9 Å². The maximum Gasteiger partial charge on any atom is 0.244 e. The van der Waals surface area contributed by atoms with Crippen LogP contribution in [0, 0.1) is 16.7 Å². The van der Waals surface area contributed by atoms with E-state index in [9.17, 15) is 10.1 Å². The van der Waals surface area contributed by atoms with Crippen molar-refractivity contribution >= 4 is 46.4 Å². The molecule has 2 rings (SSSR count). The Morgan fingerprint density at radius 2 is 1.74 bits per heavy atom. The van der Waals surface area contributed by atoms with E-state index in [-0.39, 0.29) is 5.91 Å². The summed E-state index contributed by atoms with van der Waals surface area (Å²) in [5.41, 5.74) is -0.572. The summed E-state index contributed by atoms with van der Waals surface area (Å²) < 4.78 is 0. The van der Waals surface area contributed by atoms with Crippen molar-refractivity contribution in [1.82, 2.24) is 0 Å². The van der Waals surface area contributed by atoms with Gasteiger partial charge in [-0.2, -0.15) is 5.26 Å². The fourth-order valence-corrected chi connectivity index (χ4v) is 2.82. The first-order valence-electron chi connectivity index (χ1n) is 5.86. The Hall–Kier alpha value is -0.950. The summed E-state index contributed by atoms with van der Waals surface area (Å²) in [5.74, 6) is -0.326. The van der Waals surface area contributed by atoms with Crippen molar-refractivity contribution in [2.75, 3.05) is 5.32 Å². The lowest BCUT2D eigenvalue weighted by atomic mass is 9.87. The van der Waals surface area contributed by atoms with Gasteiger partial charge in [-0.15, -0.1) is 0 Å². The van der Waals surface area contributed by atoms with Gasteiger partial charge in [0.2, 0.25) is 5.91 Å². The second-order valence-electron chi connectivity index (χ2n) is 4.60. The van der Waals surface area contributed by atoms with E-state index < -0.39 is 5.41 Å². The first-order valence-corrected chi connectivity index (χ1v) is 6.99. The fourth-order valence-electron chi connectivity index (χ4n) is 2.23. The lowest BCUT2D eigenvalue weighted by molar-refractivity contribution is -0.122. The second kappa shape index (κ2) is 5.58. The number of carbonyl (C=O) groups is 1. The van der Waals surface area contributed by atoms with Crippen LogP contribution in [-0.4, -0.2) is 5.91 Å². The molecule has 19 heavy (non-hydrogen) atoms. The number of nitriles is 1. The monoisotopic (exact) mass is 316 g/mol. The van der Waals surface area contributed by atoms with Gasteiger partial charge in [0, 0.05) is 0 Å². The van der Waals surface area contributed by atoms with Crippen molar-refractivity contribution in [1.29, 1.82) is 5.26 Å². The second-order valence-corrected chi connectivity index (χ2v) is 5.82. The van der Waals surface area contributed by atoms with Crippen LogP contribution in [0.3, 0.4) is 0 Å². The fraction of sp³-hybridized carbons (Fsp3) is 0.385. The maximum absolute atomic E-state index is 12.2. The Morgan fingerprint density at radius 3 is 2.32 bits per heavy atom. The molecule has 1 aromatic carbocycles. The molecule has 0 aliphatic heterocycles. The number of hydrogen-bond donors (Lipinski definition) is 1. The van der Waals surface area contributed by atoms with E-state index in [0.29, 0.717) is 33.6 Å². The van der Waals surface area contributed by atoms with Crippen LogP contribution >= 0.6 is 34.8 Å².